The van der Waals surface area contributed by atoms with Gasteiger partial charge in [-0.15, -0.1) is 0 Å². The lowest BCUT2D eigenvalue weighted by molar-refractivity contribution is -0.136. The Morgan fingerprint density at radius 1 is 1.22 bits per heavy atom. The fourth-order valence-corrected chi connectivity index (χ4v) is 3.69. The van der Waals surface area contributed by atoms with Gasteiger partial charge in [-0.05, 0) is 23.5 Å². The van der Waals surface area contributed by atoms with Gasteiger partial charge in [-0.25, -0.2) is 0 Å². The maximum absolute atomic E-state index is 12.6. The number of rotatable bonds is 1. The predicted molar refractivity (Wildman–Crippen MR) is 86.2 cm³/mol. The molecule has 0 aromatic heterocycles. The van der Waals surface area contributed by atoms with Gasteiger partial charge in [0.25, 0.3) is 5.91 Å². The lowest BCUT2D eigenvalue weighted by Gasteiger charge is -2.29. The number of piperidine rings is 1. The Balaban J connectivity index is 1.95. The number of amides is 3. The SMILES string of the molecule is CC(C)(C)c1ccc2c(c1Cl)CN([C@H]1CCC(=O)NC1=O)C2=O. The summed E-state index contributed by atoms with van der Waals surface area (Å²) in [5, 5.41) is 2.89. The summed E-state index contributed by atoms with van der Waals surface area (Å²) in [6, 6.07) is 3.06. The van der Waals surface area contributed by atoms with Crippen molar-refractivity contribution in [1.82, 2.24) is 10.2 Å². The number of nitrogens with one attached hydrogen (secondary N) is 1. The minimum atomic E-state index is -0.609. The zero-order chi connectivity index (χ0) is 16.9. The molecule has 2 aliphatic heterocycles. The first kappa shape index (κ1) is 16.0. The summed E-state index contributed by atoms with van der Waals surface area (Å²) < 4.78 is 0. The fraction of sp³-hybridized carbons (Fsp3) is 0.471. The zero-order valence-corrected chi connectivity index (χ0v) is 14.2. The molecule has 0 bridgehead atoms. The molecule has 2 aliphatic rings. The van der Waals surface area contributed by atoms with Crippen molar-refractivity contribution in [3.63, 3.8) is 0 Å². The van der Waals surface area contributed by atoms with Gasteiger partial charge in [0.1, 0.15) is 6.04 Å². The highest BCUT2D eigenvalue weighted by molar-refractivity contribution is 6.33. The van der Waals surface area contributed by atoms with Gasteiger partial charge in [-0.2, -0.15) is 0 Å². The number of carbonyl (C=O) groups excluding carboxylic acids is 3. The van der Waals surface area contributed by atoms with E-state index in [1.165, 1.54) is 4.90 Å². The minimum Gasteiger partial charge on any atom is -0.322 e. The molecule has 1 fully saturated rings. The molecule has 23 heavy (non-hydrogen) atoms. The normalized spacial score (nSPS) is 21.5. The molecule has 2 heterocycles. The standard InChI is InChI=1S/C17H19ClN2O3/c1-17(2,3)11-5-4-9-10(14(11)18)8-20(16(9)23)12-6-7-13(21)19-15(12)22/h4-5,12H,6-8H2,1-3H3,(H,19,21,22)/t12-/m0/s1. The highest BCUT2D eigenvalue weighted by Gasteiger charge is 2.40. The summed E-state index contributed by atoms with van der Waals surface area (Å²) in [6.45, 7) is 6.50. The van der Waals surface area contributed by atoms with Crippen molar-refractivity contribution < 1.29 is 14.4 Å². The van der Waals surface area contributed by atoms with Crippen LogP contribution in [0.4, 0.5) is 0 Å². The van der Waals surface area contributed by atoms with Gasteiger partial charge in [0.05, 0.1) is 5.02 Å². The second-order valence-electron chi connectivity index (χ2n) is 7.10. The van der Waals surface area contributed by atoms with Crippen LogP contribution >= 0.6 is 11.6 Å². The lowest BCUT2D eigenvalue weighted by atomic mass is 9.85. The van der Waals surface area contributed by atoms with Crippen LogP contribution in [0, 0.1) is 0 Å². The summed E-state index contributed by atoms with van der Waals surface area (Å²) in [4.78, 5) is 37.5. The quantitative estimate of drug-likeness (QED) is 0.802. The number of hydrogen-bond acceptors (Lipinski definition) is 3. The molecule has 1 N–H and O–H groups in total. The number of benzene rings is 1. The van der Waals surface area contributed by atoms with Crippen LogP contribution in [-0.4, -0.2) is 28.7 Å². The van der Waals surface area contributed by atoms with Gasteiger partial charge in [-0.1, -0.05) is 38.4 Å². The monoisotopic (exact) mass is 334 g/mol. The average Bonchev–Trinajstić information content (AvgIpc) is 2.76. The predicted octanol–water partition coefficient (Wildman–Crippen LogP) is 2.40. The molecule has 3 rings (SSSR count). The Labute approximate surface area is 140 Å². The molecule has 0 saturated carbocycles. The molecule has 0 spiro atoms. The summed E-state index contributed by atoms with van der Waals surface area (Å²) in [6.07, 6.45) is 0.603. The number of fused-ring (bicyclic) bond motifs is 1. The highest BCUT2D eigenvalue weighted by Crippen LogP contribution is 2.38. The third-order valence-corrected chi connectivity index (χ3v) is 4.89. The molecule has 0 radical (unpaired) electrons. The van der Waals surface area contributed by atoms with Gasteiger partial charge < -0.3 is 4.90 Å². The van der Waals surface area contributed by atoms with Crippen LogP contribution < -0.4 is 5.32 Å². The Hall–Kier alpha value is -1.88. The van der Waals surface area contributed by atoms with Crippen molar-refractivity contribution >= 4 is 29.3 Å². The molecule has 122 valence electrons. The average molecular weight is 335 g/mol. The number of halogens is 1. The van der Waals surface area contributed by atoms with Gasteiger partial charge in [0.15, 0.2) is 0 Å². The van der Waals surface area contributed by atoms with Crippen LogP contribution in [0.15, 0.2) is 12.1 Å². The lowest BCUT2D eigenvalue weighted by Crippen LogP contribution is -2.52. The van der Waals surface area contributed by atoms with E-state index in [1.54, 1.807) is 6.07 Å². The summed E-state index contributed by atoms with van der Waals surface area (Å²) >= 11 is 6.53. The van der Waals surface area contributed by atoms with Crippen LogP contribution in [0.5, 0.6) is 0 Å². The minimum absolute atomic E-state index is 0.128. The first-order chi connectivity index (χ1) is 10.7. The summed E-state index contributed by atoms with van der Waals surface area (Å²) in [5.74, 6) is -0.894. The first-order valence-electron chi connectivity index (χ1n) is 7.66. The summed E-state index contributed by atoms with van der Waals surface area (Å²) in [7, 11) is 0. The molecule has 1 saturated heterocycles. The molecule has 0 aliphatic carbocycles. The highest BCUT2D eigenvalue weighted by atomic mass is 35.5. The second-order valence-corrected chi connectivity index (χ2v) is 7.48. The number of carbonyl (C=O) groups is 3. The number of imide groups is 1. The van der Waals surface area contributed by atoms with Crippen molar-refractivity contribution in [2.45, 2.75) is 51.6 Å². The van der Waals surface area contributed by atoms with E-state index in [4.69, 9.17) is 11.6 Å². The Kier molecular flexibility index (Phi) is 3.71. The van der Waals surface area contributed by atoms with Crippen LogP contribution in [0.25, 0.3) is 0 Å². The Bertz CT molecular complexity index is 721. The molecular weight excluding hydrogens is 316 g/mol. The van der Waals surface area contributed by atoms with Crippen LogP contribution in [-0.2, 0) is 21.5 Å². The van der Waals surface area contributed by atoms with Gasteiger partial charge in [0.2, 0.25) is 11.8 Å². The zero-order valence-electron chi connectivity index (χ0n) is 13.4. The van der Waals surface area contributed by atoms with Crippen molar-refractivity contribution in [2.24, 2.45) is 0 Å². The second kappa shape index (κ2) is 5.34. The molecule has 1 aromatic rings. The molecule has 0 unspecified atom stereocenters. The van der Waals surface area contributed by atoms with Crippen molar-refractivity contribution in [3.8, 4) is 0 Å². The topological polar surface area (TPSA) is 66.5 Å². The molecule has 1 aromatic carbocycles. The Morgan fingerprint density at radius 3 is 2.52 bits per heavy atom. The molecular formula is C17H19ClN2O3. The third-order valence-electron chi connectivity index (χ3n) is 4.46. The fourth-order valence-electron chi connectivity index (χ4n) is 3.18. The van der Waals surface area contributed by atoms with E-state index in [0.29, 0.717) is 23.6 Å². The first-order valence-corrected chi connectivity index (χ1v) is 8.04. The molecule has 5 nitrogen and oxygen atoms in total. The Morgan fingerprint density at radius 2 is 1.91 bits per heavy atom. The molecule has 1 atom stereocenters. The van der Waals surface area contributed by atoms with Gasteiger partial charge in [0, 0.05) is 24.1 Å². The molecule has 6 heteroatoms. The van der Waals surface area contributed by atoms with E-state index < -0.39 is 11.9 Å². The molecule has 3 amide bonds. The van der Waals surface area contributed by atoms with E-state index in [2.05, 4.69) is 26.1 Å². The van der Waals surface area contributed by atoms with Crippen molar-refractivity contribution in [1.29, 1.82) is 0 Å². The maximum Gasteiger partial charge on any atom is 0.255 e. The van der Waals surface area contributed by atoms with Gasteiger partial charge >= 0.3 is 0 Å². The van der Waals surface area contributed by atoms with Crippen LogP contribution in [0.1, 0.15) is 55.1 Å². The van der Waals surface area contributed by atoms with Crippen LogP contribution in [0.3, 0.4) is 0 Å². The van der Waals surface area contributed by atoms with E-state index in [9.17, 15) is 14.4 Å². The van der Waals surface area contributed by atoms with E-state index in [-0.39, 0.29) is 23.7 Å². The van der Waals surface area contributed by atoms with Gasteiger partial charge in [-0.3, -0.25) is 19.7 Å². The smallest absolute Gasteiger partial charge is 0.255 e. The van der Waals surface area contributed by atoms with E-state index in [0.717, 1.165) is 11.1 Å². The van der Waals surface area contributed by atoms with Crippen molar-refractivity contribution in [3.05, 3.63) is 33.8 Å². The third kappa shape index (κ3) is 2.63. The number of nitrogens with zero attached hydrogens (tertiary/aromatic N) is 1. The maximum atomic E-state index is 12.6. The van der Waals surface area contributed by atoms with Crippen LogP contribution in [0.2, 0.25) is 5.02 Å². The van der Waals surface area contributed by atoms with Crippen molar-refractivity contribution in [2.75, 3.05) is 0 Å². The van der Waals surface area contributed by atoms with E-state index >= 15 is 0 Å². The van der Waals surface area contributed by atoms with E-state index in [1.807, 2.05) is 6.07 Å². The number of hydrogen-bond donors (Lipinski definition) is 1. The summed E-state index contributed by atoms with van der Waals surface area (Å²) in [5.41, 5.74) is 2.18. The largest absolute Gasteiger partial charge is 0.322 e.